The lowest BCUT2D eigenvalue weighted by Gasteiger charge is -2.21. The summed E-state index contributed by atoms with van der Waals surface area (Å²) < 4.78 is 6.56. The molecule has 0 aliphatic rings. The van der Waals surface area contributed by atoms with Crippen LogP contribution in [0.2, 0.25) is 0 Å². The summed E-state index contributed by atoms with van der Waals surface area (Å²) in [4.78, 5) is 21.7. The second-order valence-corrected chi connectivity index (χ2v) is 7.09. The Bertz CT molecular complexity index is 1190. The molecule has 2 heterocycles. The summed E-state index contributed by atoms with van der Waals surface area (Å²) in [6.45, 7) is 1.85. The SMILES string of the molecule is Cc1oc2ncnc(N)c2c1-c1ccc(N(C(N)=O)c2cccc(Br)c2)cc1. The van der Waals surface area contributed by atoms with E-state index in [0.29, 0.717) is 34.1 Å². The molecule has 0 aliphatic heterocycles. The van der Waals surface area contributed by atoms with E-state index in [0.717, 1.165) is 15.6 Å². The van der Waals surface area contributed by atoms with Crippen molar-refractivity contribution in [2.24, 2.45) is 5.73 Å². The van der Waals surface area contributed by atoms with Crippen molar-refractivity contribution < 1.29 is 9.21 Å². The largest absolute Gasteiger partial charge is 0.442 e. The lowest BCUT2D eigenvalue weighted by Crippen LogP contribution is -2.31. The summed E-state index contributed by atoms with van der Waals surface area (Å²) in [5.41, 5.74) is 15.1. The first kappa shape index (κ1) is 18.0. The minimum atomic E-state index is -0.576. The molecule has 2 aromatic heterocycles. The number of carbonyl (C=O) groups is 1. The zero-order valence-corrected chi connectivity index (χ0v) is 16.5. The molecule has 0 saturated carbocycles. The summed E-state index contributed by atoms with van der Waals surface area (Å²) in [5.74, 6) is 1.04. The molecule has 0 fully saturated rings. The summed E-state index contributed by atoms with van der Waals surface area (Å²) in [7, 11) is 0. The summed E-state index contributed by atoms with van der Waals surface area (Å²) >= 11 is 3.41. The van der Waals surface area contributed by atoms with Crippen molar-refractivity contribution in [3.8, 4) is 11.1 Å². The van der Waals surface area contributed by atoms with Gasteiger partial charge in [-0.3, -0.25) is 4.90 Å². The first-order chi connectivity index (χ1) is 13.5. The standard InChI is InChI=1S/C20H16BrN5O2/c1-11-16(17-18(22)24-10-25-19(17)28-11)12-5-7-14(8-6-12)26(20(23)27)15-4-2-3-13(21)9-15/h2-10H,1H3,(H2,23,27)(H2,22,24,25). The maximum atomic E-state index is 12.1. The molecule has 0 bridgehead atoms. The van der Waals surface area contributed by atoms with E-state index in [4.69, 9.17) is 15.9 Å². The number of nitrogens with zero attached hydrogens (tertiary/aromatic N) is 3. The number of hydrogen-bond acceptors (Lipinski definition) is 5. The van der Waals surface area contributed by atoms with E-state index in [1.165, 1.54) is 11.2 Å². The number of nitrogen functional groups attached to an aromatic ring is 1. The predicted octanol–water partition coefficient (Wildman–Crippen LogP) is 4.76. The highest BCUT2D eigenvalue weighted by atomic mass is 79.9. The van der Waals surface area contributed by atoms with Crippen LogP contribution in [0.25, 0.3) is 22.2 Å². The fourth-order valence-corrected chi connectivity index (χ4v) is 3.60. The molecule has 0 atom stereocenters. The van der Waals surface area contributed by atoms with Crippen molar-refractivity contribution >= 4 is 50.3 Å². The molecule has 0 unspecified atom stereocenters. The average Bonchev–Trinajstić information content (AvgIpc) is 3.00. The highest BCUT2D eigenvalue weighted by Crippen LogP contribution is 2.37. The van der Waals surface area contributed by atoms with Crippen LogP contribution in [0, 0.1) is 6.92 Å². The number of urea groups is 1. The smallest absolute Gasteiger partial charge is 0.323 e. The van der Waals surface area contributed by atoms with Gasteiger partial charge in [0, 0.05) is 10.0 Å². The Balaban J connectivity index is 1.79. The second kappa shape index (κ2) is 6.97. The lowest BCUT2D eigenvalue weighted by atomic mass is 10.0. The molecule has 4 N–H and O–H groups in total. The molecular formula is C20H16BrN5O2. The molecule has 8 heteroatoms. The van der Waals surface area contributed by atoms with E-state index < -0.39 is 6.03 Å². The Morgan fingerprint density at radius 3 is 2.54 bits per heavy atom. The van der Waals surface area contributed by atoms with Gasteiger partial charge in [0.1, 0.15) is 17.9 Å². The van der Waals surface area contributed by atoms with E-state index >= 15 is 0 Å². The number of fused-ring (bicyclic) bond motifs is 1. The first-order valence-corrected chi connectivity index (χ1v) is 9.20. The Morgan fingerprint density at radius 1 is 1.11 bits per heavy atom. The number of anilines is 3. The van der Waals surface area contributed by atoms with Gasteiger partial charge in [0.05, 0.1) is 16.8 Å². The third-order valence-electron chi connectivity index (χ3n) is 4.39. The van der Waals surface area contributed by atoms with Crippen LogP contribution in [0.5, 0.6) is 0 Å². The number of aromatic nitrogens is 2. The number of aryl methyl sites for hydroxylation is 1. The highest BCUT2D eigenvalue weighted by Gasteiger charge is 2.19. The number of benzene rings is 2. The van der Waals surface area contributed by atoms with Gasteiger partial charge < -0.3 is 15.9 Å². The van der Waals surface area contributed by atoms with Gasteiger partial charge in [-0.2, -0.15) is 0 Å². The third-order valence-corrected chi connectivity index (χ3v) is 4.89. The Kier molecular flexibility index (Phi) is 4.48. The van der Waals surface area contributed by atoms with Crippen molar-refractivity contribution in [3.63, 3.8) is 0 Å². The Hall–Kier alpha value is -3.39. The van der Waals surface area contributed by atoms with E-state index in [2.05, 4.69) is 25.9 Å². The van der Waals surface area contributed by atoms with E-state index in [-0.39, 0.29) is 0 Å². The van der Waals surface area contributed by atoms with Crippen molar-refractivity contribution in [1.29, 1.82) is 0 Å². The van der Waals surface area contributed by atoms with Crippen LogP contribution in [0.4, 0.5) is 22.0 Å². The average molecular weight is 438 g/mol. The van der Waals surface area contributed by atoms with Gasteiger partial charge >= 0.3 is 6.03 Å². The molecule has 0 spiro atoms. The van der Waals surface area contributed by atoms with Crippen LogP contribution in [0.15, 0.2) is 63.7 Å². The number of nitrogens with two attached hydrogens (primary N) is 2. The Morgan fingerprint density at radius 2 is 1.86 bits per heavy atom. The van der Waals surface area contributed by atoms with Crippen LogP contribution in [0.1, 0.15) is 5.76 Å². The molecule has 4 rings (SSSR count). The van der Waals surface area contributed by atoms with Gasteiger partial charge in [-0.15, -0.1) is 0 Å². The van der Waals surface area contributed by atoms with E-state index in [1.54, 1.807) is 0 Å². The van der Waals surface area contributed by atoms with Crippen LogP contribution in [0.3, 0.4) is 0 Å². The molecule has 2 aromatic carbocycles. The quantitative estimate of drug-likeness (QED) is 0.479. The first-order valence-electron chi connectivity index (χ1n) is 8.41. The molecule has 0 saturated heterocycles. The molecular weight excluding hydrogens is 422 g/mol. The zero-order valence-electron chi connectivity index (χ0n) is 14.9. The normalized spacial score (nSPS) is 10.9. The van der Waals surface area contributed by atoms with E-state index in [1.807, 2.05) is 55.5 Å². The van der Waals surface area contributed by atoms with Crippen LogP contribution < -0.4 is 16.4 Å². The molecule has 4 aromatic rings. The van der Waals surface area contributed by atoms with Gasteiger partial charge in [-0.25, -0.2) is 14.8 Å². The number of primary amides is 1. The topological polar surface area (TPSA) is 111 Å². The second-order valence-electron chi connectivity index (χ2n) is 6.17. The summed E-state index contributed by atoms with van der Waals surface area (Å²) in [5, 5.41) is 0.673. The molecule has 2 amide bonds. The van der Waals surface area contributed by atoms with Crippen LogP contribution >= 0.6 is 15.9 Å². The van der Waals surface area contributed by atoms with Crippen molar-refractivity contribution in [2.75, 3.05) is 10.6 Å². The van der Waals surface area contributed by atoms with Crippen molar-refractivity contribution in [2.45, 2.75) is 6.92 Å². The van der Waals surface area contributed by atoms with Gasteiger partial charge in [0.15, 0.2) is 0 Å². The van der Waals surface area contributed by atoms with Gasteiger partial charge in [-0.1, -0.05) is 34.1 Å². The van der Waals surface area contributed by atoms with Gasteiger partial charge in [-0.05, 0) is 42.8 Å². The monoisotopic (exact) mass is 437 g/mol. The number of furan rings is 1. The van der Waals surface area contributed by atoms with E-state index in [9.17, 15) is 4.79 Å². The maximum absolute atomic E-state index is 12.1. The number of rotatable bonds is 3. The highest BCUT2D eigenvalue weighted by molar-refractivity contribution is 9.10. The molecule has 28 heavy (non-hydrogen) atoms. The molecule has 7 nitrogen and oxygen atoms in total. The van der Waals surface area contributed by atoms with Gasteiger partial charge in [0.25, 0.3) is 0 Å². The number of halogens is 1. The van der Waals surface area contributed by atoms with Gasteiger partial charge in [0.2, 0.25) is 5.71 Å². The predicted molar refractivity (Wildman–Crippen MR) is 112 cm³/mol. The minimum absolute atomic E-state index is 0.355. The molecule has 0 aliphatic carbocycles. The van der Waals surface area contributed by atoms with Crippen LogP contribution in [-0.4, -0.2) is 16.0 Å². The number of carbonyl (C=O) groups excluding carboxylic acids is 1. The maximum Gasteiger partial charge on any atom is 0.323 e. The fraction of sp³-hybridized carbons (Fsp3) is 0.0500. The number of hydrogen-bond donors (Lipinski definition) is 2. The third kappa shape index (κ3) is 3.07. The fourth-order valence-electron chi connectivity index (χ4n) is 3.21. The molecule has 140 valence electrons. The summed E-state index contributed by atoms with van der Waals surface area (Å²) in [6.07, 6.45) is 1.37. The number of amides is 2. The van der Waals surface area contributed by atoms with Crippen molar-refractivity contribution in [3.05, 3.63) is 65.1 Å². The van der Waals surface area contributed by atoms with Crippen molar-refractivity contribution in [1.82, 2.24) is 9.97 Å². The minimum Gasteiger partial charge on any atom is -0.442 e. The Labute approximate surface area is 169 Å². The van der Waals surface area contributed by atoms with Crippen LogP contribution in [-0.2, 0) is 0 Å². The zero-order chi connectivity index (χ0) is 19.8. The molecule has 0 radical (unpaired) electrons. The lowest BCUT2D eigenvalue weighted by molar-refractivity contribution is 0.256. The summed E-state index contributed by atoms with van der Waals surface area (Å²) in [6, 6.07) is 14.2.